The number of amides is 3. The SMILES string of the molecule is NC(=O)c1cnnn1Cc1ccc(C(=O)Oc2cccc3c2CN(C2CCC(=O)NC2=O)C3)cc1. The smallest absolute Gasteiger partial charge is 0.343 e. The van der Waals surface area contributed by atoms with Crippen LogP contribution in [0.15, 0.2) is 48.7 Å². The van der Waals surface area contributed by atoms with Crippen molar-refractivity contribution in [2.45, 2.75) is 38.5 Å². The molecular formula is C24H22N6O5. The molecule has 1 unspecified atom stereocenters. The van der Waals surface area contributed by atoms with Crippen molar-refractivity contribution in [1.29, 1.82) is 0 Å². The Labute approximate surface area is 199 Å². The van der Waals surface area contributed by atoms with E-state index in [1.54, 1.807) is 30.3 Å². The van der Waals surface area contributed by atoms with Crippen LogP contribution in [-0.2, 0) is 29.2 Å². The topological polar surface area (TPSA) is 150 Å². The molecule has 0 aliphatic carbocycles. The molecule has 5 rings (SSSR count). The largest absolute Gasteiger partial charge is 0.423 e. The lowest BCUT2D eigenvalue weighted by Gasteiger charge is -2.29. The van der Waals surface area contributed by atoms with Gasteiger partial charge in [-0.1, -0.05) is 29.5 Å². The lowest BCUT2D eigenvalue weighted by atomic mass is 10.0. The fourth-order valence-electron chi connectivity index (χ4n) is 4.41. The summed E-state index contributed by atoms with van der Waals surface area (Å²) in [4.78, 5) is 50.0. The molecular weight excluding hydrogens is 452 g/mol. The predicted octanol–water partition coefficient (Wildman–Crippen LogP) is 0.765. The number of carbonyl (C=O) groups is 4. The number of imide groups is 1. The number of aromatic nitrogens is 3. The van der Waals surface area contributed by atoms with Crippen LogP contribution in [0.25, 0.3) is 0 Å². The normalized spacial score (nSPS) is 17.7. The molecule has 3 aromatic rings. The molecule has 3 amide bonds. The number of benzene rings is 2. The number of hydrogen-bond acceptors (Lipinski definition) is 8. The highest BCUT2D eigenvalue weighted by Gasteiger charge is 2.35. The third-order valence-corrected chi connectivity index (χ3v) is 6.21. The van der Waals surface area contributed by atoms with Crippen molar-refractivity contribution in [2.75, 3.05) is 0 Å². The number of fused-ring (bicyclic) bond motifs is 1. The molecule has 0 saturated carbocycles. The zero-order chi connectivity index (χ0) is 24.5. The zero-order valence-corrected chi connectivity index (χ0v) is 18.6. The van der Waals surface area contributed by atoms with Gasteiger partial charge in [-0.15, -0.1) is 5.10 Å². The van der Waals surface area contributed by atoms with Gasteiger partial charge in [-0.2, -0.15) is 0 Å². The van der Waals surface area contributed by atoms with Crippen LogP contribution in [-0.4, -0.2) is 49.6 Å². The molecule has 1 saturated heterocycles. The van der Waals surface area contributed by atoms with Gasteiger partial charge in [0.1, 0.15) is 11.4 Å². The van der Waals surface area contributed by atoms with Crippen LogP contribution in [0.1, 0.15) is 50.4 Å². The average molecular weight is 474 g/mol. The summed E-state index contributed by atoms with van der Waals surface area (Å²) in [7, 11) is 0. The maximum atomic E-state index is 12.8. The number of ether oxygens (including phenoxy) is 1. The van der Waals surface area contributed by atoms with Crippen molar-refractivity contribution in [3.05, 3.63) is 76.6 Å². The molecule has 1 atom stereocenters. The summed E-state index contributed by atoms with van der Waals surface area (Å²) in [6.45, 7) is 1.26. The maximum Gasteiger partial charge on any atom is 0.343 e. The Hall–Kier alpha value is -4.38. The number of nitrogens with one attached hydrogen (secondary N) is 1. The van der Waals surface area contributed by atoms with Crippen LogP contribution in [0.4, 0.5) is 0 Å². The van der Waals surface area contributed by atoms with Gasteiger partial charge in [0, 0.05) is 25.1 Å². The first-order valence-electron chi connectivity index (χ1n) is 11.1. The monoisotopic (exact) mass is 474 g/mol. The molecule has 0 radical (unpaired) electrons. The second-order valence-electron chi connectivity index (χ2n) is 8.49. The summed E-state index contributed by atoms with van der Waals surface area (Å²) in [5.41, 5.74) is 8.50. The average Bonchev–Trinajstić information content (AvgIpc) is 3.47. The molecule has 3 heterocycles. The first kappa shape index (κ1) is 22.4. The van der Waals surface area contributed by atoms with Gasteiger partial charge in [-0.05, 0) is 35.7 Å². The van der Waals surface area contributed by atoms with Crippen molar-refractivity contribution in [3.63, 3.8) is 0 Å². The highest BCUT2D eigenvalue weighted by atomic mass is 16.5. The Kier molecular flexibility index (Phi) is 5.83. The molecule has 11 heteroatoms. The van der Waals surface area contributed by atoms with Gasteiger partial charge in [-0.25, -0.2) is 9.48 Å². The molecule has 1 fully saturated rings. The molecule has 2 aliphatic heterocycles. The van der Waals surface area contributed by atoms with Crippen LogP contribution in [0.3, 0.4) is 0 Å². The molecule has 178 valence electrons. The third kappa shape index (κ3) is 4.53. The second-order valence-corrected chi connectivity index (χ2v) is 8.49. The molecule has 2 aromatic carbocycles. The van der Waals surface area contributed by atoms with Crippen LogP contribution in [0.2, 0.25) is 0 Å². The molecule has 0 bridgehead atoms. The predicted molar refractivity (Wildman–Crippen MR) is 121 cm³/mol. The number of esters is 1. The molecule has 11 nitrogen and oxygen atoms in total. The van der Waals surface area contributed by atoms with Gasteiger partial charge < -0.3 is 10.5 Å². The van der Waals surface area contributed by atoms with Crippen molar-refractivity contribution in [1.82, 2.24) is 25.2 Å². The fraction of sp³-hybridized carbons (Fsp3) is 0.250. The number of nitrogens with two attached hydrogens (primary N) is 1. The van der Waals surface area contributed by atoms with Gasteiger partial charge in [0.15, 0.2) is 0 Å². The van der Waals surface area contributed by atoms with Crippen LogP contribution < -0.4 is 15.8 Å². The second kappa shape index (κ2) is 9.11. The number of rotatable bonds is 6. The Morgan fingerprint density at radius 3 is 2.66 bits per heavy atom. The highest BCUT2D eigenvalue weighted by Crippen LogP contribution is 2.33. The molecule has 35 heavy (non-hydrogen) atoms. The lowest BCUT2D eigenvalue weighted by molar-refractivity contribution is -0.137. The molecule has 1 aromatic heterocycles. The first-order chi connectivity index (χ1) is 16.9. The summed E-state index contributed by atoms with van der Waals surface area (Å²) < 4.78 is 7.10. The minimum absolute atomic E-state index is 0.192. The van der Waals surface area contributed by atoms with E-state index in [0.29, 0.717) is 37.2 Å². The van der Waals surface area contributed by atoms with E-state index in [0.717, 1.165) is 16.7 Å². The van der Waals surface area contributed by atoms with Gasteiger partial charge in [-0.3, -0.25) is 24.6 Å². The van der Waals surface area contributed by atoms with E-state index >= 15 is 0 Å². The van der Waals surface area contributed by atoms with E-state index in [4.69, 9.17) is 10.5 Å². The summed E-state index contributed by atoms with van der Waals surface area (Å²) in [5.74, 6) is -1.23. The maximum absolute atomic E-state index is 12.8. The number of nitrogens with zero attached hydrogens (tertiary/aromatic N) is 4. The van der Waals surface area contributed by atoms with Gasteiger partial charge in [0.2, 0.25) is 11.8 Å². The first-order valence-corrected chi connectivity index (χ1v) is 11.1. The molecule has 2 aliphatic rings. The third-order valence-electron chi connectivity index (χ3n) is 6.21. The minimum Gasteiger partial charge on any atom is -0.423 e. The summed E-state index contributed by atoms with van der Waals surface area (Å²) in [6, 6.07) is 11.8. The number of carbonyl (C=O) groups excluding carboxylic acids is 4. The number of piperidine rings is 1. The highest BCUT2D eigenvalue weighted by molar-refractivity contribution is 6.00. The van der Waals surface area contributed by atoms with Crippen molar-refractivity contribution in [3.8, 4) is 5.75 Å². The lowest BCUT2D eigenvalue weighted by Crippen LogP contribution is -2.50. The fourth-order valence-corrected chi connectivity index (χ4v) is 4.41. The summed E-state index contributed by atoms with van der Waals surface area (Å²) >= 11 is 0. The Balaban J connectivity index is 1.26. The van der Waals surface area contributed by atoms with Gasteiger partial charge in [0.25, 0.3) is 5.91 Å². The quantitative estimate of drug-likeness (QED) is 0.302. The minimum atomic E-state index is -0.623. The van der Waals surface area contributed by atoms with Gasteiger partial charge in [0.05, 0.1) is 24.3 Å². The van der Waals surface area contributed by atoms with Crippen molar-refractivity contribution < 1.29 is 23.9 Å². The van der Waals surface area contributed by atoms with Crippen LogP contribution in [0.5, 0.6) is 5.75 Å². The van der Waals surface area contributed by atoms with Crippen molar-refractivity contribution in [2.24, 2.45) is 5.73 Å². The Morgan fingerprint density at radius 1 is 1.11 bits per heavy atom. The van der Waals surface area contributed by atoms with E-state index in [9.17, 15) is 19.2 Å². The Bertz CT molecular complexity index is 1330. The Morgan fingerprint density at radius 2 is 1.91 bits per heavy atom. The number of hydrogen-bond donors (Lipinski definition) is 2. The van der Waals surface area contributed by atoms with E-state index in [1.807, 2.05) is 17.0 Å². The van der Waals surface area contributed by atoms with E-state index in [2.05, 4.69) is 15.6 Å². The number of primary amides is 1. The zero-order valence-electron chi connectivity index (χ0n) is 18.6. The summed E-state index contributed by atoms with van der Waals surface area (Å²) in [5, 5.41) is 9.95. The van der Waals surface area contributed by atoms with E-state index in [1.165, 1.54) is 10.9 Å². The van der Waals surface area contributed by atoms with E-state index < -0.39 is 17.9 Å². The summed E-state index contributed by atoms with van der Waals surface area (Å²) in [6.07, 6.45) is 2.07. The molecule has 3 N–H and O–H groups in total. The van der Waals surface area contributed by atoms with Crippen LogP contribution >= 0.6 is 0 Å². The van der Waals surface area contributed by atoms with Gasteiger partial charge >= 0.3 is 5.97 Å². The van der Waals surface area contributed by atoms with Crippen molar-refractivity contribution >= 4 is 23.7 Å². The van der Waals surface area contributed by atoms with E-state index in [-0.39, 0.29) is 24.1 Å². The van der Waals surface area contributed by atoms with Crippen LogP contribution in [0, 0.1) is 0 Å². The standard InChI is InChI=1S/C24H22N6O5/c25-22(32)19-10-26-28-30(19)11-14-4-6-15(7-5-14)24(34)35-20-3-1-2-16-12-29(13-17(16)20)18-8-9-21(31)27-23(18)33/h1-7,10,18H,8-9,11-13H2,(H2,25,32)(H,27,31,33). The molecule has 0 spiro atoms.